The van der Waals surface area contributed by atoms with Gasteiger partial charge in [0.15, 0.2) is 0 Å². The summed E-state index contributed by atoms with van der Waals surface area (Å²) in [6.07, 6.45) is 0.403. The van der Waals surface area contributed by atoms with Crippen molar-refractivity contribution in [3.63, 3.8) is 0 Å². The molecular formula is C17H28N2O2. The largest absolute Gasteiger partial charge is 0.496 e. The average molecular weight is 292 g/mol. The van der Waals surface area contributed by atoms with Crippen molar-refractivity contribution in [2.24, 2.45) is 0 Å². The molecule has 0 fully saturated rings. The first-order valence-electron chi connectivity index (χ1n) is 7.33. The Bertz CT molecular complexity index is 476. The van der Waals surface area contributed by atoms with Crippen molar-refractivity contribution >= 4 is 5.91 Å². The van der Waals surface area contributed by atoms with Gasteiger partial charge in [0.25, 0.3) is 0 Å². The fourth-order valence-corrected chi connectivity index (χ4v) is 2.12. The lowest BCUT2D eigenvalue weighted by atomic mass is 9.85. The molecule has 0 aromatic heterocycles. The summed E-state index contributed by atoms with van der Waals surface area (Å²) in [7, 11) is 5.66. The maximum absolute atomic E-state index is 11.9. The maximum atomic E-state index is 11.9. The number of carbonyl (C=O) groups excluding carboxylic acids is 1. The summed E-state index contributed by atoms with van der Waals surface area (Å²) >= 11 is 0. The minimum atomic E-state index is -0.0112. The Balaban J connectivity index is 2.74. The van der Waals surface area contributed by atoms with Crippen LogP contribution in [0.4, 0.5) is 0 Å². The Labute approximate surface area is 128 Å². The van der Waals surface area contributed by atoms with E-state index in [4.69, 9.17) is 4.74 Å². The molecule has 0 saturated heterocycles. The molecule has 0 saturated carbocycles. The van der Waals surface area contributed by atoms with E-state index < -0.39 is 0 Å². The Morgan fingerprint density at radius 2 is 1.95 bits per heavy atom. The van der Waals surface area contributed by atoms with E-state index in [1.807, 2.05) is 31.1 Å². The number of methoxy groups -OCH3 is 1. The molecule has 1 amide bonds. The number of benzene rings is 1. The second kappa shape index (κ2) is 7.46. The molecule has 0 aliphatic heterocycles. The lowest BCUT2D eigenvalue weighted by Crippen LogP contribution is -2.32. The van der Waals surface area contributed by atoms with E-state index in [2.05, 4.69) is 32.2 Å². The molecule has 21 heavy (non-hydrogen) atoms. The SMILES string of the molecule is COc1ccc(CC(=O)NCCN(C)C)cc1C(C)(C)C. The Kier molecular flexibility index (Phi) is 6.21. The molecule has 1 aromatic carbocycles. The van der Waals surface area contributed by atoms with Gasteiger partial charge in [0, 0.05) is 13.1 Å². The van der Waals surface area contributed by atoms with Gasteiger partial charge in [-0.15, -0.1) is 0 Å². The van der Waals surface area contributed by atoms with Crippen molar-refractivity contribution < 1.29 is 9.53 Å². The quantitative estimate of drug-likeness (QED) is 0.874. The minimum Gasteiger partial charge on any atom is -0.496 e. The molecule has 1 aromatic rings. The summed E-state index contributed by atoms with van der Waals surface area (Å²) in [5, 5.41) is 2.94. The molecule has 0 aliphatic rings. The van der Waals surface area contributed by atoms with Crippen LogP contribution in [-0.4, -0.2) is 45.1 Å². The number of nitrogens with one attached hydrogen (secondary N) is 1. The lowest BCUT2D eigenvalue weighted by molar-refractivity contribution is -0.120. The second-order valence-electron chi connectivity index (χ2n) is 6.61. The number of amides is 1. The zero-order valence-corrected chi connectivity index (χ0v) is 14.1. The van der Waals surface area contributed by atoms with Crippen LogP contribution in [0.1, 0.15) is 31.9 Å². The second-order valence-corrected chi connectivity index (χ2v) is 6.61. The highest BCUT2D eigenvalue weighted by molar-refractivity contribution is 5.78. The standard InChI is InChI=1S/C17H28N2O2/c1-17(2,3)14-11-13(7-8-15(14)21-6)12-16(20)18-9-10-19(4)5/h7-8,11H,9-10,12H2,1-6H3,(H,18,20). The number of likely N-dealkylation sites (N-methyl/N-ethyl adjacent to an activating group) is 1. The van der Waals surface area contributed by atoms with E-state index in [9.17, 15) is 4.79 Å². The van der Waals surface area contributed by atoms with E-state index in [1.54, 1.807) is 7.11 Å². The van der Waals surface area contributed by atoms with Crippen LogP contribution in [-0.2, 0) is 16.6 Å². The van der Waals surface area contributed by atoms with E-state index in [-0.39, 0.29) is 11.3 Å². The number of rotatable bonds is 6. The summed E-state index contributed by atoms with van der Waals surface area (Å²) in [5.41, 5.74) is 2.13. The van der Waals surface area contributed by atoms with Gasteiger partial charge in [-0.1, -0.05) is 32.9 Å². The molecular weight excluding hydrogens is 264 g/mol. The van der Waals surface area contributed by atoms with E-state index in [1.165, 1.54) is 0 Å². The average Bonchev–Trinajstić information content (AvgIpc) is 2.37. The number of hydrogen-bond donors (Lipinski definition) is 1. The highest BCUT2D eigenvalue weighted by Crippen LogP contribution is 2.32. The summed E-state index contributed by atoms with van der Waals surface area (Å²) < 4.78 is 5.42. The third-order valence-electron chi connectivity index (χ3n) is 3.32. The molecule has 0 aliphatic carbocycles. The lowest BCUT2D eigenvalue weighted by Gasteiger charge is -2.23. The highest BCUT2D eigenvalue weighted by atomic mass is 16.5. The summed E-state index contributed by atoms with van der Waals surface area (Å²) in [5.74, 6) is 0.932. The third-order valence-corrected chi connectivity index (χ3v) is 3.32. The fraction of sp³-hybridized carbons (Fsp3) is 0.588. The van der Waals surface area contributed by atoms with Gasteiger partial charge in [0.1, 0.15) is 5.75 Å². The maximum Gasteiger partial charge on any atom is 0.224 e. The fourth-order valence-electron chi connectivity index (χ4n) is 2.12. The van der Waals surface area contributed by atoms with Crippen LogP contribution in [0, 0.1) is 0 Å². The summed E-state index contributed by atoms with van der Waals surface area (Å²) in [6, 6.07) is 5.98. The zero-order chi connectivity index (χ0) is 16.0. The van der Waals surface area contributed by atoms with Gasteiger partial charge in [-0.05, 0) is 36.7 Å². The Morgan fingerprint density at radius 3 is 2.48 bits per heavy atom. The number of ether oxygens (including phenoxy) is 1. The molecule has 0 spiro atoms. The van der Waals surface area contributed by atoms with Gasteiger partial charge < -0.3 is 15.0 Å². The highest BCUT2D eigenvalue weighted by Gasteiger charge is 2.19. The smallest absolute Gasteiger partial charge is 0.224 e. The summed E-state index contributed by atoms with van der Waals surface area (Å²) in [6.45, 7) is 7.96. The molecule has 118 valence electrons. The van der Waals surface area contributed by atoms with Crippen LogP contribution in [0.5, 0.6) is 5.75 Å². The van der Waals surface area contributed by atoms with E-state index in [0.717, 1.165) is 23.4 Å². The van der Waals surface area contributed by atoms with Crippen LogP contribution in [0.2, 0.25) is 0 Å². The molecule has 0 heterocycles. The number of hydrogen-bond acceptors (Lipinski definition) is 3. The van der Waals surface area contributed by atoms with Crippen LogP contribution in [0.25, 0.3) is 0 Å². The first-order valence-corrected chi connectivity index (χ1v) is 7.33. The van der Waals surface area contributed by atoms with Gasteiger partial charge >= 0.3 is 0 Å². The van der Waals surface area contributed by atoms with Crippen molar-refractivity contribution in [3.8, 4) is 5.75 Å². The van der Waals surface area contributed by atoms with Gasteiger partial charge in [-0.3, -0.25) is 4.79 Å². The van der Waals surface area contributed by atoms with Crippen molar-refractivity contribution in [2.45, 2.75) is 32.6 Å². The Hall–Kier alpha value is -1.55. The number of carbonyl (C=O) groups is 1. The van der Waals surface area contributed by atoms with Crippen molar-refractivity contribution in [2.75, 3.05) is 34.3 Å². The molecule has 0 unspecified atom stereocenters. The van der Waals surface area contributed by atoms with Crippen molar-refractivity contribution in [1.82, 2.24) is 10.2 Å². The van der Waals surface area contributed by atoms with Crippen LogP contribution >= 0.6 is 0 Å². The normalized spacial score (nSPS) is 11.6. The molecule has 4 nitrogen and oxygen atoms in total. The summed E-state index contributed by atoms with van der Waals surface area (Å²) in [4.78, 5) is 14.0. The van der Waals surface area contributed by atoms with Crippen LogP contribution < -0.4 is 10.1 Å². The third kappa shape index (κ3) is 5.76. The topological polar surface area (TPSA) is 41.6 Å². The molecule has 1 rings (SSSR count). The molecule has 0 bridgehead atoms. The predicted molar refractivity (Wildman–Crippen MR) is 87.0 cm³/mol. The van der Waals surface area contributed by atoms with E-state index in [0.29, 0.717) is 13.0 Å². The minimum absolute atomic E-state index is 0.0112. The molecule has 0 radical (unpaired) electrons. The van der Waals surface area contributed by atoms with Crippen LogP contribution in [0.15, 0.2) is 18.2 Å². The monoisotopic (exact) mass is 292 g/mol. The first kappa shape index (κ1) is 17.5. The van der Waals surface area contributed by atoms with E-state index >= 15 is 0 Å². The molecule has 0 atom stereocenters. The number of nitrogens with zero attached hydrogens (tertiary/aromatic N) is 1. The van der Waals surface area contributed by atoms with Gasteiger partial charge in [0.2, 0.25) is 5.91 Å². The predicted octanol–water partition coefficient (Wildman–Crippen LogP) is 2.21. The van der Waals surface area contributed by atoms with Crippen LogP contribution in [0.3, 0.4) is 0 Å². The zero-order valence-electron chi connectivity index (χ0n) is 14.1. The van der Waals surface area contributed by atoms with Gasteiger partial charge in [-0.2, -0.15) is 0 Å². The molecule has 4 heteroatoms. The van der Waals surface area contributed by atoms with Crippen molar-refractivity contribution in [3.05, 3.63) is 29.3 Å². The van der Waals surface area contributed by atoms with Crippen molar-refractivity contribution in [1.29, 1.82) is 0 Å². The molecule has 1 N–H and O–H groups in total. The van der Waals surface area contributed by atoms with Gasteiger partial charge in [-0.25, -0.2) is 0 Å². The van der Waals surface area contributed by atoms with Gasteiger partial charge in [0.05, 0.1) is 13.5 Å². The first-order chi connectivity index (χ1) is 9.74. The Morgan fingerprint density at radius 1 is 1.29 bits per heavy atom.